The van der Waals surface area contributed by atoms with Crippen molar-refractivity contribution in [1.29, 1.82) is 0 Å². The Hall–Kier alpha value is -0.150. The Kier molecular flexibility index (Phi) is 5.81. The molecule has 0 aliphatic carbocycles. The van der Waals surface area contributed by atoms with Crippen molar-refractivity contribution in [2.45, 2.75) is 24.8 Å². The summed E-state index contributed by atoms with van der Waals surface area (Å²) in [6, 6.07) is 2.75. The molecule has 4 N–H and O–H groups in total. The zero-order valence-electron chi connectivity index (χ0n) is 10.5. The van der Waals surface area contributed by atoms with Gasteiger partial charge in [-0.1, -0.05) is 22.9 Å². The van der Waals surface area contributed by atoms with E-state index in [2.05, 4.69) is 36.6 Å². The molecule has 1 aromatic rings. The van der Waals surface area contributed by atoms with Crippen molar-refractivity contribution in [2.24, 2.45) is 5.92 Å². The summed E-state index contributed by atoms with van der Waals surface area (Å²) in [4.78, 5) is 0.00712. The quantitative estimate of drug-likeness (QED) is 0.642. The van der Waals surface area contributed by atoms with E-state index in [1.165, 1.54) is 6.07 Å². The number of sulfonamides is 1. The Bertz CT molecular complexity index is 540. The number of anilines is 1. The van der Waals surface area contributed by atoms with E-state index in [1.807, 2.05) is 0 Å². The number of aliphatic hydroxyl groups excluding tert-OH is 1. The number of nitrogen functional groups attached to an aromatic ring is 1. The van der Waals surface area contributed by atoms with Gasteiger partial charge in [0.2, 0.25) is 10.0 Å². The maximum absolute atomic E-state index is 12.3. The highest BCUT2D eigenvalue weighted by molar-refractivity contribution is 9.11. The van der Waals surface area contributed by atoms with Crippen LogP contribution in [0.1, 0.15) is 13.8 Å². The van der Waals surface area contributed by atoms with E-state index in [0.717, 1.165) is 0 Å². The molecule has 0 aromatic heterocycles. The third kappa shape index (κ3) is 4.16. The second-order valence-corrected chi connectivity index (χ2v) is 7.80. The van der Waals surface area contributed by atoms with Gasteiger partial charge in [0.25, 0.3) is 0 Å². The predicted octanol–water partition coefficient (Wildman–Crippen LogP) is 2.09. The minimum Gasteiger partial charge on any atom is -0.398 e. The lowest BCUT2D eigenvalue weighted by atomic mass is 10.1. The lowest BCUT2D eigenvalue weighted by molar-refractivity contribution is 0.216. The lowest BCUT2D eigenvalue weighted by Gasteiger charge is -2.20. The van der Waals surface area contributed by atoms with Gasteiger partial charge in [0.15, 0.2) is 0 Å². The van der Waals surface area contributed by atoms with E-state index in [-0.39, 0.29) is 23.1 Å². The summed E-state index contributed by atoms with van der Waals surface area (Å²) >= 11 is 6.44. The van der Waals surface area contributed by atoms with Gasteiger partial charge in [0.05, 0.1) is 5.69 Å². The van der Waals surface area contributed by atoms with Crippen molar-refractivity contribution in [2.75, 3.05) is 12.3 Å². The zero-order valence-corrected chi connectivity index (χ0v) is 14.5. The molecule has 0 heterocycles. The Labute approximate surface area is 129 Å². The van der Waals surface area contributed by atoms with Crippen molar-refractivity contribution in [3.63, 3.8) is 0 Å². The Morgan fingerprint density at radius 3 is 2.42 bits per heavy atom. The molecule has 0 spiro atoms. The van der Waals surface area contributed by atoms with Crippen LogP contribution in [0.2, 0.25) is 0 Å². The average Bonchev–Trinajstić information content (AvgIpc) is 2.24. The fraction of sp³-hybridized carbons (Fsp3) is 0.455. The number of nitrogens with two attached hydrogens (primary N) is 1. The molecule has 0 amide bonds. The SMILES string of the molecule is CC(CO)C(C)NS(=O)(=O)c1c(N)cc(Br)cc1Br. The Morgan fingerprint density at radius 2 is 1.95 bits per heavy atom. The van der Waals surface area contributed by atoms with Gasteiger partial charge in [0.1, 0.15) is 4.90 Å². The molecular weight excluding hydrogens is 400 g/mol. The number of nitrogens with one attached hydrogen (secondary N) is 1. The van der Waals surface area contributed by atoms with E-state index < -0.39 is 16.1 Å². The number of hydrogen-bond donors (Lipinski definition) is 3. The number of halogens is 2. The largest absolute Gasteiger partial charge is 0.398 e. The molecule has 0 fully saturated rings. The first kappa shape index (κ1) is 16.9. The molecule has 8 heteroatoms. The van der Waals surface area contributed by atoms with E-state index >= 15 is 0 Å². The van der Waals surface area contributed by atoms with Crippen LogP contribution in [0.4, 0.5) is 5.69 Å². The fourth-order valence-corrected chi connectivity index (χ4v) is 4.86. The van der Waals surface area contributed by atoms with Gasteiger partial charge in [-0.2, -0.15) is 0 Å². The van der Waals surface area contributed by atoms with Gasteiger partial charge in [-0.15, -0.1) is 0 Å². The molecule has 0 saturated carbocycles. The summed E-state index contributed by atoms with van der Waals surface area (Å²) in [5.74, 6) is -0.190. The van der Waals surface area contributed by atoms with E-state index in [9.17, 15) is 8.42 Å². The van der Waals surface area contributed by atoms with Gasteiger partial charge < -0.3 is 10.8 Å². The van der Waals surface area contributed by atoms with Gasteiger partial charge in [-0.25, -0.2) is 13.1 Å². The molecule has 0 radical (unpaired) electrons. The van der Waals surface area contributed by atoms with E-state index in [1.54, 1.807) is 19.9 Å². The predicted molar refractivity (Wildman–Crippen MR) is 82.3 cm³/mol. The lowest BCUT2D eigenvalue weighted by Crippen LogP contribution is -2.38. The van der Waals surface area contributed by atoms with Gasteiger partial charge >= 0.3 is 0 Å². The summed E-state index contributed by atoms with van der Waals surface area (Å²) in [6.07, 6.45) is 0. The van der Waals surface area contributed by atoms with Crippen molar-refractivity contribution in [3.8, 4) is 0 Å². The second kappa shape index (κ2) is 6.53. The molecule has 108 valence electrons. The van der Waals surface area contributed by atoms with Crippen LogP contribution in [0.5, 0.6) is 0 Å². The molecule has 1 aromatic carbocycles. The first-order valence-corrected chi connectivity index (χ1v) is 8.63. The van der Waals surface area contributed by atoms with Crippen LogP contribution >= 0.6 is 31.9 Å². The molecule has 5 nitrogen and oxygen atoms in total. The minimum atomic E-state index is -3.75. The summed E-state index contributed by atoms with van der Waals surface area (Å²) < 4.78 is 28.2. The minimum absolute atomic E-state index is 0.00712. The van der Waals surface area contributed by atoms with Crippen molar-refractivity contribution in [1.82, 2.24) is 4.72 Å². The number of aliphatic hydroxyl groups is 1. The normalized spacial score (nSPS) is 15.2. The monoisotopic (exact) mass is 414 g/mol. The van der Waals surface area contributed by atoms with Crippen LogP contribution < -0.4 is 10.5 Å². The number of benzene rings is 1. The van der Waals surface area contributed by atoms with E-state index in [4.69, 9.17) is 10.8 Å². The fourth-order valence-electron chi connectivity index (χ4n) is 1.44. The van der Waals surface area contributed by atoms with Crippen LogP contribution in [0.15, 0.2) is 26.0 Å². The smallest absolute Gasteiger partial charge is 0.243 e. The third-order valence-electron chi connectivity index (χ3n) is 2.79. The van der Waals surface area contributed by atoms with Crippen molar-refractivity contribution < 1.29 is 13.5 Å². The molecule has 2 atom stereocenters. The maximum atomic E-state index is 12.3. The molecule has 2 unspecified atom stereocenters. The number of rotatable bonds is 5. The molecule has 0 saturated heterocycles. The molecule has 0 bridgehead atoms. The van der Waals surface area contributed by atoms with Gasteiger partial charge in [-0.3, -0.25) is 0 Å². The first-order valence-electron chi connectivity index (χ1n) is 5.56. The standard InChI is InChI=1S/C11H16Br2N2O3S/c1-6(5-16)7(2)15-19(17,18)11-9(13)3-8(12)4-10(11)14/h3-4,6-7,15-16H,5,14H2,1-2H3. The highest BCUT2D eigenvalue weighted by atomic mass is 79.9. The van der Waals surface area contributed by atoms with Crippen molar-refractivity contribution >= 4 is 47.6 Å². The Morgan fingerprint density at radius 1 is 1.37 bits per heavy atom. The summed E-state index contributed by atoms with van der Waals surface area (Å²) in [6.45, 7) is 3.36. The molecule has 1 rings (SSSR count). The summed E-state index contributed by atoms with van der Waals surface area (Å²) in [5.41, 5.74) is 5.91. The maximum Gasteiger partial charge on any atom is 0.243 e. The van der Waals surface area contributed by atoms with Gasteiger partial charge in [-0.05, 0) is 40.9 Å². The van der Waals surface area contributed by atoms with Crippen LogP contribution in [0.25, 0.3) is 0 Å². The average molecular weight is 416 g/mol. The van der Waals surface area contributed by atoms with E-state index in [0.29, 0.717) is 8.95 Å². The highest BCUT2D eigenvalue weighted by Crippen LogP contribution is 2.31. The second-order valence-electron chi connectivity index (χ2n) is 4.38. The Balaban J connectivity index is 3.15. The van der Waals surface area contributed by atoms with Crippen molar-refractivity contribution in [3.05, 3.63) is 21.1 Å². The summed E-state index contributed by atoms with van der Waals surface area (Å²) in [7, 11) is -3.75. The van der Waals surface area contributed by atoms with Crippen LogP contribution in [-0.4, -0.2) is 26.2 Å². The summed E-state index contributed by atoms with van der Waals surface area (Å²) in [5, 5.41) is 9.04. The topological polar surface area (TPSA) is 92.4 Å². The van der Waals surface area contributed by atoms with Gasteiger partial charge in [0, 0.05) is 21.6 Å². The highest BCUT2D eigenvalue weighted by Gasteiger charge is 2.25. The molecule has 19 heavy (non-hydrogen) atoms. The van der Waals surface area contributed by atoms with Crippen LogP contribution in [0, 0.1) is 5.92 Å². The third-order valence-corrected chi connectivity index (χ3v) is 5.81. The molecule has 0 aliphatic heterocycles. The molecule has 0 aliphatic rings. The van der Waals surface area contributed by atoms with Crippen LogP contribution in [-0.2, 0) is 10.0 Å². The molecular formula is C11H16Br2N2O3S. The number of hydrogen-bond acceptors (Lipinski definition) is 4. The van der Waals surface area contributed by atoms with Crippen LogP contribution in [0.3, 0.4) is 0 Å². The zero-order chi connectivity index (χ0) is 14.8. The first-order chi connectivity index (χ1) is 8.69.